The zero-order valence-electron chi connectivity index (χ0n) is 12.1. The predicted molar refractivity (Wildman–Crippen MR) is 79.7 cm³/mol. The van der Waals surface area contributed by atoms with Gasteiger partial charge in [-0.3, -0.25) is 0 Å². The van der Waals surface area contributed by atoms with Crippen molar-refractivity contribution < 1.29 is 9.15 Å². The summed E-state index contributed by atoms with van der Waals surface area (Å²) < 4.78 is 10.6. The molecule has 0 bridgehead atoms. The van der Waals surface area contributed by atoms with Gasteiger partial charge in [0.15, 0.2) is 0 Å². The summed E-state index contributed by atoms with van der Waals surface area (Å²) in [6.45, 7) is 3.55. The second-order valence-electron chi connectivity index (χ2n) is 4.81. The average molecular weight is 274 g/mol. The highest BCUT2D eigenvalue weighted by Gasteiger charge is 2.05. The smallest absolute Gasteiger partial charge is 0.123 e. The molecule has 0 radical (unpaired) electrons. The van der Waals surface area contributed by atoms with Crippen molar-refractivity contribution in [2.45, 2.75) is 13.1 Å². The molecule has 0 aliphatic rings. The van der Waals surface area contributed by atoms with Crippen molar-refractivity contribution in [3.8, 4) is 5.75 Å². The number of benzene rings is 1. The van der Waals surface area contributed by atoms with Crippen LogP contribution in [0.3, 0.4) is 0 Å². The number of furan rings is 1. The number of ether oxygens (including phenoxy) is 1. The van der Waals surface area contributed by atoms with Crippen molar-refractivity contribution in [2.75, 3.05) is 27.2 Å². The SMILES string of the molecule is COc1ccccc1CN(C)CCNCc1ccco1. The molecule has 1 aromatic carbocycles. The Balaban J connectivity index is 1.71. The van der Waals surface area contributed by atoms with Gasteiger partial charge in [-0.05, 0) is 25.2 Å². The number of para-hydroxylation sites is 1. The summed E-state index contributed by atoms with van der Waals surface area (Å²) >= 11 is 0. The highest BCUT2D eigenvalue weighted by molar-refractivity contribution is 5.32. The Morgan fingerprint density at radius 1 is 1.20 bits per heavy atom. The van der Waals surface area contributed by atoms with E-state index in [1.165, 1.54) is 5.56 Å². The third-order valence-electron chi connectivity index (χ3n) is 3.18. The lowest BCUT2D eigenvalue weighted by molar-refractivity contribution is 0.313. The fraction of sp³-hybridized carbons (Fsp3) is 0.375. The van der Waals surface area contributed by atoms with Gasteiger partial charge < -0.3 is 19.4 Å². The molecule has 2 rings (SSSR count). The van der Waals surface area contributed by atoms with Crippen molar-refractivity contribution in [2.24, 2.45) is 0 Å². The van der Waals surface area contributed by atoms with Gasteiger partial charge in [-0.15, -0.1) is 0 Å². The van der Waals surface area contributed by atoms with Crippen molar-refractivity contribution in [3.63, 3.8) is 0 Å². The van der Waals surface area contributed by atoms with Gasteiger partial charge in [-0.1, -0.05) is 18.2 Å². The molecule has 20 heavy (non-hydrogen) atoms. The Hall–Kier alpha value is -1.78. The number of hydrogen-bond acceptors (Lipinski definition) is 4. The zero-order chi connectivity index (χ0) is 14.2. The highest BCUT2D eigenvalue weighted by Crippen LogP contribution is 2.18. The van der Waals surface area contributed by atoms with Crippen LogP contribution in [0.25, 0.3) is 0 Å². The van der Waals surface area contributed by atoms with E-state index < -0.39 is 0 Å². The van der Waals surface area contributed by atoms with E-state index in [1.54, 1.807) is 13.4 Å². The Kier molecular flexibility index (Phi) is 5.65. The molecule has 0 spiro atoms. The number of methoxy groups -OCH3 is 1. The zero-order valence-corrected chi connectivity index (χ0v) is 12.1. The van der Waals surface area contributed by atoms with Gasteiger partial charge in [0.2, 0.25) is 0 Å². The van der Waals surface area contributed by atoms with Gasteiger partial charge in [-0.25, -0.2) is 0 Å². The van der Waals surface area contributed by atoms with E-state index in [0.29, 0.717) is 0 Å². The summed E-state index contributed by atoms with van der Waals surface area (Å²) in [5.74, 6) is 1.92. The molecular weight excluding hydrogens is 252 g/mol. The van der Waals surface area contributed by atoms with Crippen LogP contribution >= 0.6 is 0 Å². The molecule has 0 amide bonds. The van der Waals surface area contributed by atoms with E-state index in [-0.39, 0.29) is 0 Å². The lowest BCUT2D eigenvalue weighted by Crippen LogP contribution is -2.28. The third-order valence-corrected chi connectivity index (χ3v) is 3.18. The quantitative estimate of drug-likeness (QED) is 0.751. The van der Waals surface area contributed by atoms with Gasteiger partial charge in [-0.2, -0.15) is 0 Å². The van der Waals surface area contributed by atoms with Crippen molar-refractivity contribution in [3.05, 3.63) is 54.0 Å². The highest BCUT2D eigenvalue weighted by atomic mass is 16.5. The number of rotatable bonds is 8. The van der Waals surface area contributed by atoms with Gasteiger partial charge in [0.25, 0.3) is 0 Å². The normalized spacial score (nSPS) is 10.9. The summed E-state index contributed by atoms with van der Waals surface area (Å²) in [5, 5.41) is 3.37. The molecule has 1 aromatic heterocycles. The molecule has 0 fully saturated rings. The second kappa shape index (κ2) is 7.72. The summed E-state index contributed by atoms with van der Waals surface area (Å²) in [7, 11) is 3.82. The summed E-state index contributed by atoms with van der Waals surface area (Å²) in [6.07, 6.45) is 1.70. The maximum Gasteiger partial charge on any atom is 0.123 e. The van der Waals surface area contributed by atoms with E-state index in [1.807, 2.05) is 30.3 Å². The first-order valence-corrected chi connectivity index (χ1v) is 6.83. The van der Waals surface area contributed by atoms with E-state index >= 15 is 0 Å². The first-order chi connectivity index (χ1) is 9.79. The first-order valence-electron chi connectivity index (χ1n) is 6.83. The Morgan fingerprint density at radius 3 is 2.80 bits per heavy atom. The first kappa shape index (κ1) is 14.6. The molecule has 0 aliphatic heterocycles. The fourth-order valence-electron chi connectivity index (χ4n) is 2.10. The van der Waals surface area contributed by atoms with Crippen molar-refractivity contribution in [1.82, 2.24) is 10.2 Å². The largest absolute Gasteiger partial charge is 0.496 e. The molecule has 1 N–H and O–H groups in total. The Bertz CT molecular complexity index is 497. The maximum atomic E-state index is 5.37. The van der Waals surface area contributed by atoms with Gasteiger partial charge in [0.05, 0.1) is 19.9 Å². The number of nitrogens with one attached hydrogen (secondary N) is 1. The summed E-state index contributed by atoms with van der Waals surface area (Å²) in [4.78, 5) is 2.27. The Morgan fingerprint density at radius 2 is 2.05 bits per heavy atom. The third kappa shape index (κ3) is 4.40. The van der Waals surface area contributed by atoms with Gasteiger partial charge in [0, 0.05) is 25.2 Å². The van der Waals surface area contributed by atoms with E-state index in [0.717, 1.165) is 37.7 Å². The minimum atomic E-state index is 0.773. The van der Waals surface area contributed by atoms with Crippen LogP contribution < -0.4 is 10.1 Å². The average Bonchev–Trinajstić information content (AvgIpc) is 2.97. The maximum absolute atomic E-state index is 5.37. The van der Waals surface area contributed by atoms with E-state index in [4.69, 9.17) is 9.15 Å². The number of hydrogen-bond donors (Lipinski definition) is 1. The second-order valence-corrected chi connectivity index (χ2v) is 4.81. The molecule has 108 valence electrons. The number of nitrogens with zero attached hydrogens (tertiary/aromatic N) is 1. The van der Waals surface area contributed by atoms with Crippen LogP contribution in [0.4, 0.5) is 0 Å². The van der Waals surface area contributed by atoms with Crippen molar-refractivity contribution in [1.29, 1.82) is 0 Å². The Labute approximate surface area is 120 Å². The van der Waals surface area contributed by atoms with Crippen molar-refractivity contribution >= 4 is 0 Å². The lowest BCUT2D eigenvalue weighted by Gasteiger charge is -2.18. The van der Waals surface area contributed by atoms with Gasteiger partial charge >= 0.3 is 0 Å². The minimum Gasteiger partial charge on any atom is -0.496 e. The molecule has 0 aliphatic carbocycles. The van der Waals surface area contributed by atoms with Crippen LogP contribution in [0.5, 0.6) is 5.75 Å². The minimum absolute atomic E-state index is 0.773. The molecule has 4 heteroatoms. The van der Waals surface area contributed by atoms with Crippen LogP contribution in [0, 0.1) is 0 Å². The van der Waals surface area contributed by atoms with Crippen LogP contribution in [0.1, 0.15) is 11.3 Å². The van der Waals surface area contributed by atoms with E-state index in [2.05, 4.69) is 23.3 Å². The van der Waals surface area contributed by atoms with Crippen LogP contribution in [-0.2, 0) is 13.1 Å². The number of likely N-dealkylation sites (N-methyl/N-ethyl adjacent to an activating group) is 1. The standard InChI is InChI=1S/C16H22N2O2/c1-18(10-9-17-12-15-7-5-11-20-15)13-14-6-3-4-8-16(14)19-2/h3-8,11,17H,9-10,12-13H2,1-2H3. The molecule has 0 saturated carbocycles. The molecule has 0 atom stereocenters. The monoisotopic (exact) mass is 274 g/mol. The van der Waals surface area contributed by atoms with Crippen LogP contribution in [0.15, 0.2) is 47.1 Å². The molecule has 4 nitrogen and oxygen atoms in total. The van der Waals surface area contributed by atoms with Crippen LogP contribution in [0.2, 0.25) is 0 Å². The molecular formula is C16H22N2O2. The summed E-state index contributed by atoms with van der Waals surface area (Å²) in [6, 6.07) is 12.0. The van der Waals surface area contributed by atoms with Crippen LogP contribution in [-0.4, -0.2) is 32.1 Å². The molecule has 2 aromatic rings. The predicted octanol–water partition coefficient (Wildman–Crippen LogP) is 2.51. The van der Waals surface area contributed by atoms with Gasteiger partial charge in [0.1, 0.15) is 11.5 Å². The summed E-state index contributed by atoms with van der Waals surface area (Å²) in [5.41, 5.74) is 1.21. The lowest BCUT2D eigenvalue weighted by atomic mass is 10.2. The van der Waals surface area contributed by atoms with E-state index in [9.17, 15) is 0 Å². The fourth-order valence-corrected chi connectivity index (χ4v) is 2.10. The molecule has 0 saturated heterocycles. The molecule has 0 unspecified atom stereocenters. The molecule has 1 heterocycles. The topological polar surface area (TPSA) is 37.6 Å².